The van der Waals surface area contributed by atoms with Crippen molar-refractivity contribution < 1.29 is 19.0 Å². The molecule has 4 aliphatic carbocycles. The third-order valence-corrected chi connectivity index (χ3v) is 10.7. The van der Waals surface area contributed by atoms with Crippen LogP contribution in [0.2, 0.25) is 0 Å². The Labute approximate surface area is 190 Å². The fourth-order valence-electron chi connectivity index (χ4n) is 9.09. The van der Waals surface area contributed by atoms with E-state index in [2.05, 4.69) is 20.8 Å². The standard InChI is InChI=1S/C27H46O4/c1-18(7-6-14-29-4)22-10-11-23-21-9-8-19-15-20(28)12-13-26(19,2)24(21)16-25(27(22,23)3)31-17-30-5/h18-19,21-25H,6-17H2,1-5H3/t18-,19-,21+,22-,23+,24+,25+,26+,27-/m1/s1. The quantitative estimate of drug-likeness (QED) is 0.354. The predicted molar refractivity (Wildman–Crippen MR) is 123 cm³/mol. The molecule has 4 fully saturated rings. The molecule has 0 heterocycles. The molecule has 0 aliphatic heterocycles. The van der Waals surface area contributed by atoms with Crippen molar-refractivity contribution in [2.45, 2.75) is 91.1 Å². The van der Waals surface area contributed by atoms with E-state index < -0.39 is 0 Å². The second kappa shape index (κ2) is 9.43. The zero-order valence-corrected chi connectivity index (χ0v) is 20.7. The van der Waals surface area contributed by atoms with Gasteiger partial charge in [-0.25, -0.2) is 0 Å². The molecule has 0 aromatic carbocycles. The Morgan fingerprint density at radius 3 is 2.61 bits per heavy atom. The normalized spacial score (nSPS) is 45.6. The van der Waals surface area contributed by atoms with Crippen LogP contribution in [0.5, 0.6) is 0 Å². The number of carbonyl (C=O) groups excluding carboxylic acids is 1. The van der Waals surface area contributed by atoms with Crippen molar-refractivity contribution in [1.29, 1.82) is 0 Å². The minimum absolute atomic E-state index is 0.236. The van der Waals surface area contributed by atoms with Gasteiger partial charge in [-0.1, -0.05) is 20.8 Å². The highest BCUT2D eigenvalue weighted by molar-refractivity contribution is 5.79. The van der Waals surface area contributed by atoms with Crippen molar-refractivity contribution >= 4 is 5.78 Å². The topological polar surface area (TPSA) is 44.8 Å². The fraction of sp³-hybridized carbons (Fsp3) is 0.963. The number of carbonyl (C=O) groups is 1. The molecule has 4 saturated carbocycles. The van der Waals surface area contributed by atoms with Gasteiger partial charge < -0.3 is 14.2 Å². The van der Waals surface area contributed by atoms with Crippen LogP contribution in [0.25, 0.3) is 0 Å². The largest absolute Gasteiger partial charge is 0.385 e. The first-order chi connectivity index (χ1) is 14.9. The highest BCUT2D eigenvalue weighted by atomic mass is 16.7. The fourth-order valence-corrected chi connectivity index (χ4v) is 9.09. The Balaban J connectivity index is 1.60. The van der Waals surface area contributed by atoms with Crippen LogP contribution in [0.1, 0.15) is 85.0 Å². The maximum absolute atomic E-state index is 12.2. The summed E-state index contributed by atoms with van der Waals surface area (Å²) in [7, 11) is 3.55. The molecule has 0 amide bonds. The van der Waals surface area contributed by atoms with Crippen molar-refractivity contribution in [2.24, 2.45) is 46.3 Å². The van der Waals surface area contributed by atoms with Crippen molar-refractivity contribution in [1.82, 2.24) is 0 Å². The van der Waals surface area contributed by atoms with E-state index in [-0.39, 0.29) is 11.5 Å². The van der Waals surface area contributed by atoms with Crippen LogP contribution >= 0.6 is 0 Å². The van der Waals surface area contributed by atoms with Crippen LogP contribution < -0.4 is 0 Å². The second-order valence-electron chi connectivity index (χ2n) is 11.9. The van der Waals surface area contributed by atoms with Crippen LogP contribution in [0, 0.1) is 46.3 Å². The van der Waals surface area contributed by atoms with Gasteiger partial charge in [-0.15, -0.1) is 0 Å². The monoisotopic (exact) mass is 434 g/mol. The lowest BCUT2D eigenvalue weighted by molar-refractivity contribution is -0.208. The summed E-state index contributed by atoms with van der Waals surface area (Å²) in [6, 6.07) is 0. The number of hydrogen-bond acceptors (Lipinski definition) is 4. The summed E-state index contributed by atoms with van der Waals surface area (Å²) in [5, 5.41) is 0. The van der Waals surface area contributed by atoms with E-state index in [4.69, 9.17) is 14.2 Å². The molecule has 4 rings (SSSR count). The van der Waals surface area contributed by atoms with Gasteiger partial charge in [-0.05, 0) is 92.3 Å². The van der Waals surface area contributed by atoms with Crippen molar-refractivity contribution in [2.75, 3.05) is 27.6 Å². The summed E-state index contributed by atoms with van der Waals surface area (Å²) in [6.45, 7) is 8.82. The number of rotatable bonds is 8. The van der Waals surface area contributed by atoms with E-state index in [0.29, 0.717) is 35.7 Å². The van der Waals surface area contributed by atoms with Crippen LogP contribution in [0.3, 0.4) is 0 Å². The van der Waals surface area contributed by atoms with Crippen LogP contribution in [-0.4, -0.2) is 39.5 Å². The van der Waals surface area contributed by atoms with E-state index in [1.54, 1.807) is 7.11 Å². The number of fused-ring (bicyclic) bond motifs is 5. The molecule has 0 saturated heterocycles. The lowest BCUT2D eigenvalue weighted by Crippen LogP contribution is -2.59. The van der Waals surface area contributed by atoms with E-state index in [0.717, 1.165) is 56.5 Å². The molecule has 0 aromatic heterocycles. The van der Waals surface area contributed by atoms with Crippen molar-refractivity contribution in [3.8, 4) is 0 Å². The molecule has 178 valence electrons. The van der Waals surface area contributed by atoms with Gasteiger partial charge in [0.1, 0.15) is 12.6 Å². The molecule has 31 heavy (non-hydrogen) atoms. The van der Waals surface area contributed by atoms with Crippen LogP contribution in [-0.2, 0) is 19.0 Å². The zero-order valence-electron chi connectivity index (χ0n) is 20.7. The van der Waals surface area contributed by atoms with Gasteiger partial charge in [-0.3, -0.25) is 4.79 Å². The summed E-state index contributed by atoms with van der Waals surface area (Å²) in [6.07, 6.45) is 11.8. The van der Waals surface area contributed by atoms with Crippen molar-refractivity contribution in [3.63, 3.8) is 0 Å². The Kier molecular flexibility index (Phi) is 7.21. The van der Waals surface area contributed by atoms with E-state index in [1.807, 2.05) is 7.11 Å². The van der Waals surface area contributed by atoms with Crippen LogP contribution in [0.4, 0.5) is 0 Å². The van der Waals surface area contributed by atoms with Gasteiger partial charge in [0.25, 0.3) is 0 Å². The zero-order chi connectivity index (χ0) is 22.2. The average Bonchev–Trinajstić information content (AvgIpc) is 3.11. The van der Waals surface area contributed by atoms with E-state index in [9.17, 15) is 4.79 Å². The summed E-state index contributed by atoms with van der Waals surface area (Å²) in [5.74, 6) is 4.76. The summed E-state index contributed by atoms with van der Waals surface area (Å²) in [5.41, 5.74) is 0.550. The Bertz CT molecular complexity index is 635. The molecule has 0 bridgehead atoms. The molecule has 0 N–H and O–H groups in total. The molecule has 0 radical (unpaired) electrons. The van der Waals surface area contributed by atoms with Gasteiger partial charge in [0.05, 0.1) is 6.10 Å². The third-order valence-electron chi connectivity index (χ3n) is 10.7. The Hall–Kier alpha value is -0.450. The van der Waals surface area contributed by atoms with Gasteiger partial charge in [0.15, 0.2) is 0 Å². The van der Waals surface area contributed by atoms with Gasteiger partial charge in [0.2, 0.25) is 0 Å². The minimum atomic E-state index is 0.236. The highest BCUT2D eigenvalue weighted by Gasteiger charge is 2.64. The number of ketones is 1. The van der Waals surface area contributed by atoms with Gasteiger partial charge >= 0.3 is 0 Å². The SMILES string of the molecule is COCCC[C@@H](C)[C@H]1CC[C@H]2[C@@H]3CC[C@@H]4CC(=O)CC[C@]4(C)[C@H]3C[C@H](OCOC)[C@]12C. The van der Waals surface area contributed by atoms with Crippen LogP contribution in [0.15, 0.2) is 0 Å². The van der Waals surface area contributed by atoms with Gasteiger partial charge in [-0.2, -0.15) is 0 Å². The molecular formula is C27H46O4. The van der Waals surface area contributed by atoms with Gasteiger partial charge in [0, 0.05) is 39.1 Å². The molecule has 0 unspecified atom stereocenters. The average molecular weight is 435 g/mol. The summed E-state index contributed by atoms with van der Waals surface area (Å²) >= 11 is 0. The third kappa shape index (κ3) is 4.04. The van der Waals surface area contributed by atoms with Crippen molar-refractivity contribution in [3.05, 3.63) is 0 Å². The number of Topliss-reactive ketones (excluding diaryl/α,β-unsaturated/α-hetero) is 1. The minimum Gasteiger partial charge on any atom is -0.385 e. The summed E-state index contributed by atoms with van der Waals surface area (Å²) in [4.78, 5) is 12.2. The maximum atomic E-state index is 12.2. The first-order valence-electron chi connectivity index (χ1n) is 13.0. The Morgan fingerprint density at radius 2 is 1.87 bits per heavy atom. The molecule has 0 spiro atoms. The number of methoxy groups -OCH3 is 2. The molecule has 4 aliphatic rings. The maximum Gasteiger partial charge on any atom is 0.146 e. The van der Waals surface area contributed by atoms with E-state index >= 15 is 0 Å². The number of hydrogen-bond donors (Lipinski definition) is 0. The number of ether oxygens (including phenoxy) is 3. The summed E-state index contributed by atoms with van der Waals surface area (Å²) < 4.78 is 17.3. The Morgan fingerprint density at radius 1 is 1.06 bits per heavy atom. The molecule has 9 atom stereocenters. The predicted octanol–water partition coefficient (Wildman–Crippen LogP) is 5.88. The lowest BCUT2D eigenvalue weighted by atomic mass is 9.43. The highest BCUT2D eigenvalue weighted by Crippen LogP contribution is 2.68. The van der Waals surface area contributed by atoms with E-state index in [1.165, 1.54) is 32.1 Å². The lowest BCUT2D eigenvalue weighted by Gasteiger charge is -2.62. The molecular weight excluding hydrogens is 388 g/mol. The smallest absolute Gasteiger partial charge is 0.146 e. The first-order valence-corrected chi connectivity index (χ1v) is 13.0. The molecule has 0 aromatic rings. The molecule has 4 nitrogen and oxygen atoms in total. The second-order valence-corrected chi connectivity index (χ2v) is 11.9. The molecule has 4 heteroatoms. The first kappa shape index (κ1) is 23.7.